The van der Waals surface area contributed by atoms with Crippen LogP contribution >= 0.6 is 0 Å². The summed E-state index contributed by atoms with van der Waals surface area (Å²) in [7, 11) is 2.17. The second-order valence-corrected chi connectivity index (χ2v) is 5.80. The maximum atomic E-state index is 6.24. The summed E-state index contributed by atoms with van der Waals surface area (Å²) in [5.41, 5.74) is 7.94. The van der Waals surface area contributed by atoms with Gasteiger partial charge in [-0.3, -0.25) is 0 Å². The van der Waals surface area contributed by atoms with Crippen LogP contribution < -0.4 is 10.5 Å². The first kappa shape index (κ1) is 14.0. The van der Waals surface area contributed by atoms with Gasteiger partial charge in [-0.25, -0.2) is 0 Å². The van der Waals surface area contributed by atoms with Crippen molar-refractivity contribution in [2.45, 2.75) is 18.4 Å². The first-order chi connectivity index (χ1) is 10.2. The van der Waals surface area contributed by atoms with Crippen LogP contribution in [0.3, 0.4) is 0 Å². The van der Waals surface area contributed by atoms with Gasteiger partial charge in [-0.05, 0) is 31.2 Å². The summed E-state index contributed by atoms with van der Waals surface area (Å²) in [4.78, 5) is 2.37. The molecule has 2 aromatic carbocycles. The predicted molar refractivity (Wildman–Crippen MR) is 86.6 cm³/mol. The molecule has 0 saturated carbocycles. The number of rotatable bonds is 3. The fourth-order valence-electron chi connectivity index (χ4n) is 3.02. The van der Waals surface area contributed by atoms with Gasteiger partial charge in [0.1, 0.15) is 11.9 Å². The second-order valence-electron chi connectivity index (χ2n) is 5.80. The molecule has 0 spiro atoms. The maximum Gasteiger partial charge on any atom is 0.121 e. The monoisotopic (exact) mass is 282 g/mol. The van der Waals surface area contributed by atoms with E-state index < -0.39 is 0 Å². The quantitative estimate of drug-likeness (QED) is 0.879. The zero-order valence-electron chi connectivity index (χ0n) is 12.4. The number of ether oxygens (including phenoxy) is 1. The van der Waals surface area contributed by atoms with Crippen LogP contribution in [0.5, 0.6) is 5.75 Å². The van der Waals surface area contributed by atoms with Crippen LogP contribution in [-0.2, 0) is 0 Å². The molecule has 1 fully saturated rings. The molecule has 3 heteroatoms. The summed E-state index contributed by atoms with van der Waals surface area (Å²) in [6.07, 6.45) is 1.23. The van der Waals surface area contributed by atoms with Crippen LogP contribution in [0.4, 0.5) is 5.69 Å². The van der Waals surface area contributed by atoms with E-state index in [1.807, 2.05) is 24.3 Å². The molecule has 0 amide bonds. The van der Waals surface area contributed by atoms with Gasteiger partial charge in [0, 0.05) is 30.8 Å². The van der Waals surface area contributed by atoms with E-state index >= 15 is 0 Å². The van der Waals surface area contributed by atoms with Gasteiger partial charge in [0.2, 0.25) is 0 Å². The number of nitrogens with zero attached hydrogens (tertiary/aromatic N) is 1. The Labute approximate surface area is 126 Å². The van der Waals surface area contributed by atoms with Crippen molar-refractivity contribution in [1.29, 1.82) is 0 Å². The molecule has 0 aromatic heterocycles. The fraction of sp³-hybridized carbons (Fsp3) is 0.333. The first-order valence-corrected chi connectivity index (χ1v) is 7.48. The minimum absolute atomic E-state index is 0.199. The van der Waals surface area contributed by atoms with Crippen LogP contribution in [0.15, 0.2) is 54.6 Å². The Morgan fingerprint density at radius 3 is 2.67 bits per heavy atom. The van der Waals surface area contributed by atoms with Crippen molar-refractivity contribution in [2.24, 2.45) is 0 Å². The predicted octanol–water partition coefficient (Wildman–Crippen LogP) is 3.14. The highest BCUT2D eigenvalue weighted by Crippen LogP contribution is 2.30. The lowest BCUT2D eigenvalue weighted by molar-refractivity contribution is 0.0903. The molecule has 0 radical (unpaired) electrons. The maximum absolute atomic E-state index is 6.24. The van der Waals surface area contributed by atoms with Crippen molar-refractivity contribution in [1.82, 2.24) is 4.90 Å². The van der Waals surface area contributed by atoms with Gasteiger partial charge in [0.25, 0.3) is 0 Å². The van der Waals surface area contributed by atoms with Crippen LogP contribution in [0.2, 0.25) is 0 Å². The van der Waals surface area contributed by atoms with E-state index in [1.54, 1.807) is 0 Å². The van der Waals surface area contributed by atoms with Crippen LogP contribution in [0.1, 0.15) is 17.9 Å². The zero-order valence-corrected chi connectivity index (χ0v) is 12.4. The fourth-order valence-corrected chi connectivity index (χ4v) is 3.02. The van der Waals surface area contributed by atoms with Crippen molar-refractivity contribution in [3.63, 3.8) is 0 Å². The zero-order chi connectivity index (χ0) is 14.7. The highest BCUT2D eigenvalue weighted by Gasteiger charge is 2.30. The molecule has 3 rings (SSSR count). The molecule has 1 aliphatic rings. The van der Waals surface area contributed by atoms with Gasteiger partial charge in [-0.1, -0.05) is 36.4 Å². The Hall–Kier alpha value is -2.00. The molecule has 1 aliphatic heterocycles. The molecule has 2 atom stereocenters. The Balaban J connectivity index is 1.81. The number of nitrogens with two attached hydrogens (primary N) is 1. The summed E-state index contributed by atoms with van der Waals surface area (Å²) in [5, 5.41) is 0. The lowest BCUT2D eigenvalue weighted by Gasteiger charge is -2.37. The molecule has 2 aromatic rings. The third kappa shape index (κ3) is 3.37. The summed E-state index contributed by atoms with van der Waals surface area (Å²) < 4.78 is 6.24. The Kier molecular flexibility index (Phi) is 4.11. The van der Waals surface area contributed by atoms with Crippen LogP contribution in [0.25, 0.3) is 0 Å². The van der Waals surface area contributed by atoms with E-state index in [0.717, 1.165) is 30.9 Å². The highest BCUT2D eigenvalue weighted by molar-refractivity contribution is 5.43. The van der Waals surface area contributed by atoms with E-state index in [0.29, 0.717) is 5.92 Å². The molecule has 1 saturated heterocycles. The van der Waals surface area contributed by atoms with Gasteiger partial charge in [-0.15, -0.1) is 0 Å². The average molecular weight is 282 g/mol. The third-order valence-electron chi connectivity index (χ3n) is 4.13. The number of hydrogen-bond donors (Lipinski definition) is 1. The molecular weight excluding hydrogens is 260 g/mol. The number of anilines is 1. The Bertz CT molecular complexity index is 585. The van der Waals surface area contributed by atoms with Crippen molar-refractivity contribution >= 4 is 5.69 Å². The number of likely N-dealkylation sites (N-methyl/N-ethyl adjacent to an activating group) is 1. The Morgan fingerprint density at radius 2 is 1.90 bits per heavy atom. The Morgan fingerprint density at radius 1 is 1.10 bits per heavy atom. The van der Waals surface area contributed by atoms with Crippen molar-refractivity contribution in [2.75, 3.05) is 25.9 Å². The van der Waals surface area contributed by atoms with Gasteiger partial charge in [0.05, 0.1) is 0 Å². The molecule has 0 aliphatic carbocycles. The van der Waals surface area contributed by atoms with Crippen LogP contribution in [-0.4, -0.2) is 31.1 Å². The van der Waals surface area contributed by atoms with E-state index in [9.17, 15) is 0 Å². The number of nitrogen functional groups attached to an aromatic ring is 1. The largest absolute Gasteiger partial charge is 0.490 e. The number of likely N-dealkylation sites (tertiary alicyclic amines) is 1. The smallest absolute Gasteiger partial charge is 0.121 e. The van der Waals surface area contributed by atoms with E-state index in [4.69, 9.17) is 10.5 Å². The lowest BCUT2D eigenvalue weighted by atomic mass is 9.88. The number of benzene rings is 2. The van der Waals surface area contributed by atoms with Gasteiger partial charge < -0.3 is 15.4 Å². The molecule has 0 unspecified atom stereocenters. The molecule has 1 heterocycles. The second kappa shape index (κ2) is 6.19. The topological polar surface area (TPSA) is 38.5 Å². The number of hydrogen-bond acceptors (Lipinski definition) is 3. The van der Waals surface area contributed by atoms with Crippen molar-refractivity contribution in [3.8, 4) is 5.75 Å². The molecule has 2 N–H and O–H groups in total. The van der Waals surface area contributed by atoms with E-state index in [1.165, 1.54) is 5.56 Å². The first-order valence-electron chi connectivity index (χ1n) is 7.48. The standard InChI is InChI=1S/C18H22N2O/c1-20-11-10-18(21-16-9-5-8-15(19)12-16)17(13-20)14-6-3-2-4-7-14/h2-9,12,17-18H,10-11,13,19H2,1H3/t17-,18-/m1/s1. The van der Waals surface area contributed by atoms with Crippen LogP contribution in [0, 0.1) is 0 Å². The molecular formula is C18H22N2O. The molecule has 3 nitrogen and oxygen atoms in total. The van der Waals surface area contributed by atoms with E-state index in [-0.39, 0.29) is 6.10 Å². The van der Waals surface area contributed by atoms with Crippen molar-refractivity contribution < 1.29 is 4.74 Å². The minimum Gasteiger partial charge on any atom is -0.490 e. The third-order valence-corrected chi connectivity index (χ3v) is 4.13. The van der Waals surface area contributed by atoms with Crippen molar-refractivity contribution in [3.05, 3.63) is 60.2 Å². The normalized spacial score (nSPS) is 22.9. The average Bonchev–Trinajstić information content (AvgIpc) is 2.50. The molecule has 110 valence electrons. The SMILES string of the molecule is CN1CC[C@@H](Oc2cccc(N)c2)[C@@H](c2ccccc2)C1. The molecule has 0 bridgehead atoms. The summed E-state index contributed by atoms with van der Waals surface area (Å²) in [5.74, 6) is 1.26. The highest BCUT2D eigenvalue weighted by atomic mass is 16.5. The summed E-state index contributed by atoms with van der Waals surface area (Å²) in [6, 6.07) is 18.4. The molecule has 21 heavy (non-hydrogen) atoms. The van der Waals surface area contributed by atoms with Gasteiger partial charge in [0.15, 0.2) is 0 Å². The summed E-state index contributed by atoms with van der Waals surface area (Å²) >= 11 is 0. The van der Waals surface area contributed by atoms with Gasteiger partial charge in [-0.2, -0.15) is 0 Å². The number of piperidine rings is 1. The summed E-state index contributed by atoms with van der Waals surface area (Å²) in [6.45, 7) is 2.09. The lowest BCUT2D eigenvalue weighted by Crippen LogP contribution is -2.42. The van der Waals surface area contributed by atoms with E-state index in [2.05, 4.69) is 42.3 Å². The minimum atomic E-state index is 0.199. The van der Waals surface area contributed by atoms with Gasteiger partial charge >= 0.3 is 0 Å².